The topological polar surface area (TPSA) is 27.7 Å². The van der Waals surface area contributed by atoms with Crippen molar-refractivity contribution >= 4 is 51.3 Å². The summed E-state index contributed by atoms with van der Waals surface area (Å²) in [6, 6.07) is 41.0. The number of pyridine rings is 1. The van der Waals surface area contributed by atoms with Gasteiger partial charge in [0.25, 0.3) is 0 Å². The van der Waals surface area contributed by atoms with Gasteiger partial charge in [0.05, 0.1) is 14.1 Å². The number of aromatic nitrogens is 4. The fraction of sp³-hybridized carbons (Fsp3) is 0.231. The Labute approximate surface area is 281 Å². The minimum Gasteiger partial charge on any atom is -0.319 e. The minimum atomic E-state index is -2.20. The Morgan fingerprint density at radius 3 is 2.18 bits per heavy atom. The van der Waals surface area contributed by atoms with E-state index in [1.54, 1.807) is 0 Å². The van der Waals surface area contributed by atoms with Crippen LogP contribution in [0.25, 0.3) is 44.3 Å². The van der Waals surface area contributed by atoms with Crippen molar-refractivity contribution in [3.05, 3.63) is 121 Å². The van der Waals surface area contributed by atoms with Gasteiger partial charge in [-0.15, -0.1) is 17.5 Å². The van der Waals surface area contributed by atoms with Crippen molar-refractivity contribution in [3.8, 4) is 11.5 Å². The smallest absolute Gasteiger partial charge is 0.188 e. The Balaban J connectivity index is 0.00000357. The Kier molecular flexibility index (Phi) is 7.99. The molecule has 45 heavy (non-hydrogen) atoms. The zero-order chi connectivity index (χ0) is 30.8. The van der Waals surface area contributed by atoms with Crippen molar-refractivity contribution in [2.45, 2.75) is 59.2 Å². The maximum Gasteiger partial charge on any atom is 0.188 e. The van der Waals surface area contributed by atoms with E-state index in [9.17, 15) is 0 Å². The van der Waals surface area contributed by atoms with Crippen LogP contribution in [0, 0.1) is 12.1 Å². The number of hydrogen-bond acceptors (Lipinski definition) is 1. The molecule has 0 unspecified atom stereocenters. The van der Waals surface area contributed by atoms with E-state index in [1.807, 2.05) is 6.20 Å². The van der Waals surface area contributed by atoms with Gasteiger partial charge in [-0.2, -0.15) is 40.7 Å². The first kappa shape index (κ1) is 31.2. The number of imidazole rings is 1. The fourth-order valence-corrected chi connectivity index (χ4v) is 8.52. The van der Waals surface area contributed by atoms with Crippen LogP contribution in [-0.4, -0.2) is 26.8 Å². The van der Waals surface area contributed by atoms with Gasteiger partial charge >= 0.3 is 0 Å². The van der Waals surface area contributed by atoms with Gasteiger partial charge in [-0.25, -0.2) is 14.1 Å². The number of benzene rings is 4. The van der Waals surface area contributed by atoms with Gasteiger partial charge in [0.1, 0.15) is 5.82 Å². The second-order valence-electron chi connectivity index (χ2n) is 13.7. The summed E-state index contributed by atoms with van der Waals surface area (Å²) >= 11 is 0. The van der Waals surface area contributed by atoms with Crippen molar-refractivity contribution in [1.82, 2.24) is 18.7 Å². The van der Waals surface area contributed by atoms with Gasteiger partial charge in [0.2, 0.25) is 0 Å². The summed E-state index contributed by atoms with van der Waals surface area (Å²) < 4.78 is 6.91. The zero-order valence-electron chi connectivity index (χ0n) is 27.0. The fourth-order valence-electron chi connectivity index (χ4n) is 6.35. The van der Waals surface area contributed by atoms with Crippen LogP contribution in [-0.2, 0) is 26.5 Å². The second-order valence-corrected chi connectivity index (χ2v) is 18.0. The average Bonchev–Trinajstić information content (AvgIpc) is 3.57. The molecule has 0 aliphatic carbocycles. The molecule has 0 saturated heterocycles. The first-order valence-electron chi connectivity index (χ1n) is 15.5. The molecule has 0 radical (unpaired) electrons. The van der Waals surface area contributed by atoms with Crippen LogP contribution < -0.4 is 10.4 Å². The van der Waals surface area contributed by atoms with E-state index in [0.29, 0.717) is 6.04 Å². The third kappa shape index (κ3) is 5.30. The third-order valence-corrected chi connectivity index (χ3v) is 12.3. The molecule has 0 aliphatic heterocycles. The molecule has 0 bridgehead atoms. The Bertz CT molecular complexity index is 2180. The standard InChI is InChI=1S/C39H39N4Si.Pt/c1-27(2)41-26-42(36-18-11-10-17-35(36)41)29-13-12-14-30(24-29)44(6,7)31-19-20-33-32-15-8-9-16-34(32)43(37(33)25-31)38-23-28(21-22-40-38)39(3,4)5;/h8-23,26-27H,1-7H3;/q-1;. The molecular weight excluding hydrogens is 748 g/mol. The normalized spacial score (nSPS) is 12.4. The van der Waals surface area contributed by atoms with Crippen molar-refractivity contribution in [3.63, 3.8) is 0 Å². The zero-order valence-corrected chi connectivity index (χ0v) is 30.3. The molecule has 0 fully saturated rings. The molecule has 4 aromatic carbocycles. The molecule has 6 heteroatoms. The summed E-state index contributed by atoms with van der Waals surface area (Å²) in [5, 5.41) is 4.94. The minimum absolute atomic E-state index is 0. The van der Waals surface area contributed by atoms with Crippen LogP contribution in [0.5, 0.6) is 0 Å². The molecule has 7 aromatic rings. The van der Waals surface area contributed by atoms with Crippen LogP contribution in [0.4, 0.5) is 0 Å². The van der Waals surface area contributed by atoms with Gasteiger partial charge < -0.3 is 4.57 Å². The van der Waals surface area contributed by atoms with Crippen LogP contribution in [0.3, 0.4) is 0 Å². The second kappa shape index (κ2) is 11.5. The quantitative estimate of drug-likeness (QED) is 0.127. The summed E-state index contributed by atoms with van der Waals surface area (Å²) in [5.41, 5.74) is 7.01. The SMILES string of the molecule is CC(C)n1[cH+]n(-c2[c-]c([Si](C)(C)c3[c-]c4c(cc3)c3ccccc3n4-c3cc(C(C)(C)C)ccn3)ccc2)c2ccccc21.[Pt]. The Hall–Kier alpha value is -3.79. The van der Waals surface area contributed by atoms with E-state index in [1.165, 1.54) is 37.7 Å². The molecule has 0 amide bonds. The molecule has 230 valence electrons. The average molecular weight is 787 g/mol. The van der Waals surface area contributed by atoms with Gasteiger partial charge in [-0.3, -0.25) is 0 Å². The first-order chi connectivity index (χ1) is 21.0. The molecule has 0 atom stereocenters. The maximum absolute atomic E-state index is 4.87. The molecule has 0 spiro atoms. The molecule has 3 aromatic heterocycles. The van der Waals surface area contributed by atoms with E-state index < -0.39 is 8.07 Å². The van der Waals surface area contributed by atoms with Crippen LogP contribution in [0.15, 0.2) is 104 Å². The van der Waals surface area contributed by atoms with E-state index >= 15 is 0 Å². The largest absolute Gasteiger partial charge is 0.319 e. The monoisotopic (exact) mass is 786 g/mol. The summed E-state index contributed by atoms with van der Waals surface area (Å²) in [5.74, 6) is 0.933. The van der Waals surface area contributed by atoms with Gasteiger partial charge in [0.15, 0.2) is 17.4 Å². The van der Waals surface area contributed by atoms with Gasteiger partial charge in [-0.05, 0) is 60.5 Å². The summed E-state index contributed by atoms with van der Waals surface area (Å²) in [4.78, 5) is 4.87. The number of rotatable bonds is 5. The molecule has 0 aliphatic rings. The summed E-state index contributed by atoms with van der Waals surface area (Å²) in [6.45, 7) is 16.0. The predicted molar refractivity (Wildman–Crippen MR) is 188 cm³/mol. The Morgan fingerprint density at radius 2 is 1.44 bits per heavy atom. The molecular formula is C39H39N4PtSi-. The van der Waals surface area contributed by atoms with E-state index in [4.69, 9.17) is 4.98 Å². The number of fused-ring (bicyclic) bond motifs is 4. The van der Waals surface area contributed by atoms with E-state index in [-0.39, 0.29) is 26.5 Å². The van der Waals surface area contributed by atoms with Crippen LogP contribution in [0.2, 0.25) is 13.1 Å². The van der Waals surface area contributed by atoms with Crippen molar-refractivity contribution < 1.29 is 21.1 Å². The van der Waals surface area contributed by atoms with Crippen LogP contribution in [0.1, 0.15) is 46.2 Å². The number of para-hydroxylation sites is 3. The number of hydrogen-bond donors (Lipinski definition) is 0. The molecule has 0 saturated carbocycles. The van der Waals surface area contributed by atoms with Gasteiger partial charge in [0, 0.05) is 50.6 Å². The summed E-state index contributed by atoms with van der Waals surface area (Å²) in [7, 11) is -2.20. The van der Waals surface area contributed by atoms with E-state index in [2.05, 4.69) is 171 Å². The molecule has 7 rings (SSSR count). The first-order valence-corrected chi connectivity index (χ1v) is 18.5. The van der Waals surface area contributed by atoms with Gasteiger partial charge in [-0.1, -0.05) is 57.6 Å². The Morgan fingerprint density at radius 1 is 0.756 bits per heavy atom. The van der Waals surface area contributed by atoms with Crippen molar-refractivity contribution in [2.75, 3.05) is 0 Å². The third-order valence-electron chi connectivity index (χ3n) is 9.03. The number of nitrogens with zero attached hydrogens (tertiary/aromatic N) is 4. The van der Waals surface area contributed by atoms with E-state index in [0.717, 1.165) is 22.5 Å². The summed E-state index contributed by atoms with van der Waals surface area (Å²) in [6.07, 6.45) is 4.16. The maximum atomic E-state index is 4.87. The molecule has 3 heterocycles. The van der Waals surface area contributed by atoms with Crippen molar-refractivity contribution in [2.24, 2.45) is 0 Å². The molecule has 0 N–H and O–H groups in total. The molecule has 4 nitrogen and oxygen atoms in total. The van der Waals surface area contributed by atoms with Crippen LogP contribution >= 0.6 is 0 Å². The van der Waals surface area contributed by atoms with Crippen molar-refractivity contribution in [1.29, 1.82) is 0 Å². The predicted octanol–water partition coefficient (Wildman–Crippen LogP) is 8.50.